The summed E-state index contributed by atoms with van der Waals surface area (Å²) in [5.41, 5.74) is 11.9. The zero-order valence-electron chi connectivity index (χ0n) is 21.5. The molecule has 0 bridgehead atoms. The number of nitrogens with zero attached hydrogens (tertiary/aromatic N) is 5. The van der Waals surface area contributed by atoms with Crippen molar-refractivity contribution in [3.05, 3.63) is 52.4 Å². The van der Waals surface area contributed by atoms with Crippen LogP contribution in [0.4, 0.5) is 5.82 Å². The summed E-state index contributed by atoms with van der Waals surface area (Å²) in [6, 6.07) is 8.20. The Morgan fingerprint density at radius 3 is 2.76 bits per heavy atom. The maximum atomic E-state index is 12.1. The summed E-state index contributed by atoms with van der Waals surface area (Å²) >= 11 is 3.64. The van der Waals surface area contributed by atoms with Crippen LogP contribution in [0.25, 0.3) is 27.7 Å². The second-order valence-corrected chi connectivity index (χ2v) is 11.2. The third kappa shape index (κ3) is 4.93. The number of nitrogen functional groups attached to an aromatic ring is 1. The first-order valence-corrected chi connectivity index (χ1v) is 13.2. The third-order valence-electron chi connectivity index (χ3n) is 7.25. The molecule has 1 aliphatic carbocycles. The highest BCUT2D eigenvalue weighted by atomic mass is 79.9. The van der Waals surface area contributed by atoms with E-state index >= 15 is 0 Å². The Labute approximate surface area is 224 Å². The third-order valence-corrected chi connectivity index (χ3v) is 8.07. The van der Waals surface area contributed by atoms with E-state index in [0.29, 0.717) is 22.5 Å². The molecule has 0 spiro atoms. The lowest BCUT2D eigenvalue weighted by molar-refractivity contribution is -0.138. The molecular formula is C27H32BrN7O2. The van der Waals surface area contributed by atoms with Crippen LogP contribution >= 0.6 is 15.9 Å². The van der Waals surface area contributed by atoms with Gasteiger partial charge in [0.25, 0.3) is 5.91 Å². The van der Waals surface area contributed by atoms with Crippen LogP contribution in [0.15, 0.2) is 41.1 Å². The lowest BCUT2D eigenvalue weighted by Crippen LogP contribution is -2.41. The standard InChI is InChI=1S/C27H32BrN7O2/c1-15-5-6-21-18(9-15)10-19(11-30-21)20-12-32-35-24(29)22(28)23(33-25(20)35)16(2)31-13-27(7-8-27)14-34(4)26(37)17(3)36/h5-6,9-12,16-17,31,36H,7-8,13-14,29H2,1-4H3/t16?,17-/m0/s1. The van der Waals surface area contributed by atoms with Crippen molar-refractivity contribution in [2.24, 2.45) is 5.41 Å². The minimum absolute atomic E-state index is 0.00630. The summed E-state index contributed by atoms with van der Waals surface area (Å²) in [6.07, 6.45) is 4.69. The first kappa shape index (κ1) is 25.6. The SMILES string of the molecule is Cc1ccc2ncc(-c3cnn4c(N)c(Br)c(C(C)NCC5(CN(C)C(=O)[C@H](C)O)CC5)nc34)cc2c1. The fraction of sp³-hybridized carbons (Fsp3) is 0.407. The van der Waals surface area contributed by atoms with Gasteiger partial charge in [0.05, 0.1) is 21.9 Å². The molecule has 0 aliphatic heterocycles. The average molecular weight is 567 g/mol. The number of halogens is 1. The predicted molar refractivity (Wildman–Crippen MR) is 148 cm³/mol. The first-order valence-electron chi connectivity index (χ1n) is 12.4. The molecule has 3 heterocycles. The van der Waals surface area contributed by atoms with Gasteiger partial charge < -0.3 is 21.1 Å². The smallest absolute Gasteiger partial charge is 0.250 e. The normalized spacial score (nSPS) is 16.2. The second kappa shape index (κ2) is 9.66. The van der Waals surface area contributed by atoms with Gasteiger partial charge in [0, 0.05) is 54.3 Å². The van der Waals surface area contributed by atoms with E-state index in [1.54, 1.807) is 22.7 Å². The molecule has 4 aromatic rings. The number of nitrogens with one attached hydrogen (secondary N) is 1. The Hall–Kier alpha value is -3.08. The molecule has 1 saturated carbocycles. The number of aliphatic hydroxyl groups excluding tert-OH is 1. The number of aryl methyl sites for hydroxylation is 1. The van der Waals surface area contributed by atoms with E-state index in [9.17, 15) is 9.90 Å². The molecule has 3 aromatic heterocycles. The van der Waals surface area contributed by atoms with Crippen LogP contribution in [0.5, 0.6) is 0 Å². The number of hydrogen-bond donors (Lipinski definition) is 3. The Balaban J connectivity index is 1.41. The van der Waals surface area contributed by atoms with Crippen molar-refractivity contribution >= 4 is 44.2 Å². The van der Waals surface area contributed by atoms with Gasteiger partial charge in [-0.05, 0) is 67.7 Å². The summed E-state index contributed by atoms with van der Waals surface area (Å²) in [4.78, 5) is 23.4. The van der Waals surface area contributed by atoms with Crippen LogP contribution in [0.1, 0.15) is 44.0 Å². The maximum Gasteiger partial charge on any atom is 0.250 e. The number of nitrogens with two attached hydrogens (primary N) is 1. The minimum atomic E-state index is -0.991. The number of fused-ring (bicyclic) bond motifs is 2. The number of rotatable bonds is 8. The van der Waals surface area contributed by atoms with Crippen LogP contribution in [0, 0.1) is 12.3 Å². The maximum absolute atomic E-state index is 12.1. The van der Waals surface area contributed by atoms with E-state index in [2.05, 4.69) is 63.4 Å². The lowest BCUT2D eigenvalue weighted by atomic mass is 10.1. The van der Waals surface area contributed by atoms with Gasteiger partial charge in [0.2, 0.25) is 0 Å². The number of hydrogen-bond acceptors (Lipinski definition) is 7. The van der Waals surface area contributed by atoms with Gasteiger partial charge in [-0.3, -0.25) is 9.78 Å². The van der Waals surface area contributed by atoms with Crippen molar-refractivity contribution < 1.29 is 9.90 Å². The highest BCUT2D eigenvalue weighted by Crippen LogP contribution is 2.46. The number of carbonyl (C=O) groups is 1. The summed E-state index contributed by atoms with van der Waals surface area (Å²) < 4.78 is 2.35. The summed E-state index contributed by atoms with van der Waals surface area (Å²) in [5, 5.41) is 18.8. The summed E-state index contributed by atoms with van der Waals surface area (Å²) in [5.74, 6) is 0.224. The van der Waals surface area contributed by atoms with Gasteiger partial charge in [0.15, 0.2) is 5.65 Å². The highest BCUT2D eigenvalue weighted by molar-refractivity contribution is 9.10. The Morgan fingerprint density at radius 2 is 2.05 bits per heavy atom. The predicted octanol–water partition coefficient (Wildman–Crippen LogP) is 3.87. The van der Waals surface area contributed by atoms with Crippen molar-refractivity contribution in [2.75, 3.05) is 25.9 Å². The van der Waals surface area contributed by atoms with Crippen LogP contribution in [-0.2, 0) is 4.79 Å². The molecule has 1 aromatic carbocycles. The van der Waals surface area contributed by atoms with Crippen LogP contribution in [0.2, 0.25) is 0 Å². The van der Waals surface area contributed by atoms with E-state index < -0.39 is 6.10 Å². The van der Waals surface area contributed by atoms with E-state index in [0.717, 1.165) is 47.1 Å². The second-order valence-electron chi connectivity index (χ2n) is 10.4. The molecule has 10 heteroatoms. The van der Waals surface area contributed by atoms with Gasteiger partial charge in [-0.1, -0.05) is 11.6 Å². The van der Waals surface area contributed by atoms with E-state index in [1.807, 2.05) is 12.3 Å². The van der Waals surface area contributed by atoms with Gasteiger partial charge in [-0.15, -0.1) is 0 Å². The minimum Gasteiger partial charge on any atom is -0.384 e. The molecule has 37 heavy (non-hydrogen) atoms. The molecule has 1 unspecified atom stereocenters. The molecule has 4 N–H and O–H groups in total. The van der Waals surface area contributed by atoms with E-state index in [4.69, 9.17) is 10.7 Å². The average Bonchev–Trinajstić information content (AvgIpc) is 3.50. The fourth-order valence-corrected chi connectivity index (χ4v) is 5.44. The topological polar surface area (TPSA) is 122 Å². The van der Waals surface area contributed by atoms with Gasteiger partial charge in [0.1, 0.15) is 11.9 Å². The molecule has 0 saturated heterocycles. The number of carbonyl (C=O) groups excluding carboxylic acids is 1. The summed E-state index contributed by atoms with van der Waals surface area (Å²) in [7, 11) is 1.75. The monoisotopic (exact) mass is 565 g/mol. The quantitative estimate of drug-likeness (QED) is 0.296. The Bertz CT molecular complexity index is 1500. The van der Waals surface area contributed by atoms with Gasteiger partial charge in [-0.2, -0.15) is 9.61 Å². The van der Waals surface area contributed by atoms with Crippen molar-refractivity contribution in [1.29, 1.82) is 0 Å². The Morgan fingerprint density at radius 1 is 1.30 bits per heavy atom. The molecule has 2 atom stereocenters. The number of benzene rings is 1. The molecule has 1 fully saturated rings. The number of aliphatic hydroxyl groups is 1. The van der Waals surface area contributed by atoms with Gasteiger partial charge in [-0.25, -0.2) is 4.98 Å². The zero-order valence-corrected chi connectivity index (χ0v) is 23.1. The van der Waals surface area contributed by atoms with E-state index in [-0.39, 0.29) is 17.4 Å². The highest BCUT2D eigenvalue weighted by Gasteiger charge is 2.44. The van der Waals surface area contributed by atoms with E-state index in [1.165, 1.54) is 12.5 Å². The lowest BCUT2D eigenvalue weighted by Gasteiger charge is -2.26. The molecule has 1 amide bonds. The van der Waals surface area contributed by atoms with Crippen LogP contribution in [-0.4, -0.2) is 61.7 Å². The number of aromatic nitrogens is 4. The first-order chi connectivity index (χ1) is 17.6. The number of amides is 1. The van der Waals surface area contributed by atoms with Crippen molar-refractivity contribution in [1.82, 2.24) is 29.8 Å². The zero-order chi connectivity index (χ0) is 26.5. The van der Waals surface area contributed by atoms with Crippen LogP contribution < -0.4 is 11.1 Å². The van der Waals surface area contributed by atoms with Crippen molar-refractivity contribution in [2.45, 2.75) is 45.8 Å². The molecule has 0 radical (unpaired) electrons. The number of pyridine rings is 1. The number of anilines is 1. The Kier molecular flexibility index (Phi) is 6.68. The molecule has 194 valence electrons. The van der Waals surface area contributed by atoms with Gasteiger partial charge >= 0.3 is 0 Å². The van der Waals surface area contributed by atoms with Crippen LogP contribution in [0.3, 0.4) is 0 Å². The molecule has 5 rings (SSSR count). The largest absolute Gasteiger partial charge is 0.384 e. The molecular weight excluding hydrogens is 534 g/mol. The summed E-state index contributed by atoms with van der Waals surface area (Å²) in [6.45, 7) is 6.96. The molecule has 1 aliphatic rings. The number of likely N-dealkylation sites (N-methyl/N-ethyl adjacent to an activating group) is 1. The fourth-order valence-electron chi connectivity index (χ4n) is 4.84. The van der Waals surface area contributed by atoms with Crippen molar-refractivity contribution in [3.8, 4) is 11.1 Å². The van der Waals surface area contributed by atoms with Crippen molar-refractivity contribution in [3.63, 3.8) is 0 Å². The molecule has 9 nitrogen and oxygen atoms in total.